The fourth-order valence-electron chi connectivity index (χ4n) is 1.49. The summed E-state index contributed by atoms with van der Waals surface area (Å²) < 4.78 is 28.3. The van der Waals surface area contributed by atoms with Crippen LogP contribution in [0.4, 0.5) is 0 Å². The molecule has 0 amide bonds. The molecule has 0 spiro atoms. The Bertz CT molecular complexity index is 611. The molecular weight excluding hydrogens is 238 g/mol. The van der Waals surface area contributed by atoms with Crippen LogP contribution in [0, 0.1) is 6.92 Å². The number of hydrogen-bond donors (Lipinski definition) is 0. The standard InChI is InChI=1S/C12H13NO3S/c1-3-17(14,15)11-6-4-10(5-7-11)12-8-9(2)13-16-12/h4-8H,3H2,1-2H3. The second-order valence-electron chi connectivity index (χ2n) is 3.76. The van der Waals surface area contributed by atoms with Gasteiger partial charge in [0, 0.05) is 11.6 Å². The van der Waals surface area contributed by atoms with Gasteiger partial charge in [0.25, 0.3) is 0 Å². The summed E-state index contributed by atoms with van der Waals surface area (Å²) in [4.78, 5) is 0.333. The largest absolute Gasteiger partial charge is 0.356 e. The Morgan fingerprint density at radius 1 is 1.24 bits per heavy atom. The lowest BCUT2D eigenvalue weighted by Crippen LogP contribution is -2.02. The van der Waals surface area contributed by atoms with Crippen LogP contribution in [0.25, 0.3) is 11.3 Å². The van der Waals surface area contributed by atoms with Crippen molar-refractivity contribution < 1.29 is 12.9 Å². The molecule has 0 unspecified atom stereocenters. The van der Waals surface area contributed by atoms with Crippen LogP contribution in [-0.4, -0.2) is 19.3 Å². The highest BCUT2D eigenvalue weighted by Crippen LogP contribution is 2.22. The van der Waals surface area contributed by atoms with Crippen molar-refractivity contribution in [2.45, 2.75) is 18.7 Å². The predicted molar refractivity (Wildman–Crippen MR) is 64.4 cm³/mol. The average molecular weight is 251 g/mol. The second kappa shape index (κ2) is 4.33. The zero-order chi connectivity index (χ0) is 12.5. The first-order valence-electron chi connectivity index (χ1n) is 5.29. The van der Waals surface area contributed by atoms with Crippen LogP contribution in [0.15, 0.2) is 39.8 Å². The van der Waals surface area contributed by atoms with Crippen molar-refractivity contribution in [3.8, 4) is 11.3 Å². The summed E-state index contributed by atoms with van der Waals surface area (Å²) in [5.41, 5.74) is 1.62. The fourth-order valence-corrected chi connectivity index (χ4v) is 2.38. The van der Waals surface area contributed by atoms with Gasteiger partial charge in [-0.1, -0.05) is 12.1 Å². The molecule has 1 heterocycles. The highest BCUT2D eigenvalue weighted by atomic mass is 32.2. The molecule has 1 aromatic carbocycles. The lowest BCUT2D eigenvalue weighted by molar-refractivity contribution is 0.427. The molecule has 0 atom stereocenters. The van der Waals surface area contributed by atoms with E-state index >= 15 is 0 Å². The van der Waals surface area contributed by atoms with E-state index in [9.17, 15) is 8.42 Å². The highest BCUT2D eigenvalue weighted by molar-refractivity contribution is 7.91. The Hall–Kier alpha value is -1.62. The molecule has 0 saturated carbocycles. The molecule has 5 heteroatoms. The van der Waals surface area contributed by atoms with Gasteiger partial charge in [-0.05, 0) is 31.2 Å². The lowest BCUT2D eigenvalue weighted by Gasteiger charge is -2.01. The van der Waals surface area contributed by atoms with E-state index in [1.54, 1.807) is 31.2 Å². The van der Waals surface area contributed by atoms with Gasteiger partial charge in [-0.3, -0.25) is 0 Å². The van der Waals surface area contributed by atoms with Crippen molar-refractivity contribution in [1.29, 1.82) is 0 Å². The molecule has 4 nitrogen and oxygen atoms in total. The first-order valence-corrected chi connectivity index (χ1v) is 6.94. The molecule has 17 heavy (non-hydrogen) atoms. The maximum atomic E-state index is 11.6. The normalized spacial score (nSPS) is 11.6. The quantitative estimate of drug-likeness (QED) is 0.840. The molecule has 0 aliphatic carbocycles. The van der Waals surface area contributed by atoms with Crippen molar-refractivity contribution in [3.05, 3.63) is 36.0 Å². The van der Waals surface area contributed by atoms with Gasteiger partial charge in [0.1, 0.15) is 0 Å². The van der Waals surface area contributed by atoms with Crippen LogP contribution in [0.3, 0.4) is 0 Å². The summed E-state index contributed by atoms with van der Waals surface area (Å²) in [6.45, 7) is 3.46. The van der Waals surface area contributed by atoms with Crippen LogP contribution in [0.5, 0.6) is 0 Å². The van der Waals surface area contributed by atoms with E-state index in [2.05, 4.69) is 5.16 Å². The van der Waals surface area contributed by atoms with Gasteiger partial charge in [0.05, 0.1) is 16.3 Å². The van der Waals surface area contributed by atoms with E-state index in [1.165, 1.54) is 0 Å². The first-order chi connectivity index (χ1) is 8.03. The molecule has 90 valence electrons. The molecule has 0 radical (unpaired) electrons. The Morgan fingerprint density at radius 3 is 2.35 bits per heavy atom. The summed E-state index contributed by atoms with van der Waals surface area (Å²) in [6, 6.07) is 8.44. The minimum atomic E-state index is -3.14. The number of aromatic nitrogens is 1. The average Bonchev–Trinajstić information content (AvgIpc) is 2.76. The van der Waals surface area contributed by atoms with Crippen LogP contribution in [0.2, 0.25) is 0 Å². The van der Waals surface area contributed by atoms with Crippen molar-refractivity contribution >= 4 is 9.84 Å². The topological polar surface area (TPSA) is 60.2 Å². The zero-order valence-corrected chi connectivity index (χ0v) is 10.5. The van der Waals surface area contributed by atoms with Gasteiger partial charge in [-0.25, -0.2) is 8.42 Å². The Kier molecular flexibility index (Phi) is 3.02. The van der Waals surface area contributed by atoms with E-state index < -0.39 is 9.84 Å². The van der Waals surface area contributed by atoms with Crippen LogP contribution in [-0.2, 0) is 9.84 Å². The summed E-state index contributed by atoms with van der Waals surface area (Å²) in [5, 5.41) is 3.79. The Balaban J connectivity index is 2.37. The van der Waals surface area contributed by atoms with E-state index in [1.807, 2.05) is 13.0 Å². The third-order valence-electron chi connectivity index (χ3n) is 2.51. The van der Waals surface area contributed by atoms with Gasteiger partial charge in [-0.2, -0.15) is 0 Å². The molecule has 2 rings (SSSR count). The lowest BCUT2D eigenvalue weighted by atomic mass is 10.2. The number of aryl methyl sites for hydroxylation is 1. The van der Waals surface area contributed by atoms with Gasteiger partial charge in [-0.15, -0.1) is 0 Å². The predicted octanol–water partition coefficient (Wildman–Crippen LogP) is 2.44. The number of nitrogens with zero attached hydrogens (tertiary/aromatic N) is 1. The minimum Gasteiger partial charge on any atom is -0.356 e. The van der Waals surface area contributed by atoms with Crippen LogP contribution in [0.1, 0.15) is 12.6 Å². The molecule has 0 aliphatic heterocycles. The molecule has 0 N–H and O–H groups in total. The SMILES string of the molecule is CCS(=O)(=O)c1ccc(-c2cc(C)no2)cc1. The zero-order valence-electron chi connectivity index (χ0n) is 9.67. The Labute approximate surface area is 100 Å². The molecule has 1 aromatic heterocycles. The first kappa shape index (κ1) is 11.9. The number of hydrogen-bond acceptors (Lipinski definition) is 4. The fraction of sp³-hybridized carbons (Fsp3) is 0.250. The van der Waals surface area contributed by atoms with Crippen molar-refractivity contribution in [2.75, 3.05) is 5.75 Å². The maximum absolute atomic E-state index is 11.6. The Morgan fingerprint density at radius 2 is 1.88 bits per heavy atom. The molecular formula is C12H13NO3S. The van der Waals surface area contributed by atoms with E-state index in [0.29, 0.717) is 10.7 Å². The monoisotopic (exact) mass is 251 g/mol. The molecule has 2 aromatic rings. The van der Waals surface area contributed by atoms with Gasteiger partial charge in [0.2, 0.25) is 0 Å². The van der Waals surface area contributed by atoms with Crippen molar-refractivity contribution in [1.82, 2.24) is 5.16 Å². The third kappa shape index (κ3) is 2.39. The van der Waals surface area contributed by atoms with Crippen molar-refractivity contribution in [2.24, 2.45) is 0 Å². The third-order valence-corrected chi connectivity index (χ3v) is 4.26. The number of benzene rings is 1. The number of sulfone groups is 1. The van der Waals surface area contributed by atoms with E-state index in [4.69, 9.17) is 4.52 Å². The summed E-state index contributed by atoms with van der Waals surface area (Å²) in [7, 11) is -3.14. The van der Waals surface area contributed by atoms with Crippen LogP contribution < -0.4 is 0 Å². The molecule has 0 bridgehead atoms. The summed E-state index contributed by atoms with van der Waals surface area (Å²) >= 11 is 0. The molecule has 0 aliphatic rings. The highest BCUT2D eigenvalue weighted by Gasteiger charge is 2.12. The van der Waals surface area contributed by atoms with Gasteiger partial charge >= 0.3 is 0 Å². The maximum Gasteiger partial charge on any atom is 0.178 e. The minimum absolute atomic E-state index is 0.105. The smallest absolute Gasteiger partial charge is 0.178 e. The number of rotatable bonds is 3. The van der Waals surface area contributed by atoms with E-state index in [-0.39, 0.29) is 5.75 Å². The second-order valence-corrected chi connectivity index (χ2v) is 6.04. The van der Waals surface area contributed by atoms with E-state index in [0.717, 1.165) is 11.3 Å². The molecule has 0 saturated heterocycles. The molecule has 0 fully saturated rings. The van der Waals surface area contributed by atoms with Gasteiger partial charge < -0.3 is 4.52 Å². The van der Waals surface area contributed by atoms with Gasteiger partial charge in [0.15, 0.2) is 15.6 Å². The summed E-state index contributed by atoms with van der Waals surface area (Å²) in [6.07, 6.45) is 0. The van der Waals surface area contributed by atoms with Crippen LogP contribution >= 0.6 is 0 Å². The summed E-state index contributed by atoms with van der Waals surface area (Å²) in [5.74, 6) is 0.747. The van der Waals surface area contributed by atoms with Crippen molar-refractivity contribution in [3.63, 3.8) is 0 Å².